The number of aromatic nitrogens is 3. The number of fused-ring (bicyclic) bond motifs is 1. The molecular weight excluding hydrogens is 356 g/mol. The number of nitrogens with one attached hydrogen (secondary N) is 1. The molecule has 4 aliphatic carbocycles. The molecule has 2 aromatic heterocycles. The summed E-state index contributed by atoms with van der Waals surface area (Å²) in [4.78, 5) is 20.7. The van der Waals surface area contributed by atoms with E-state index in [1.54, 1.807) is 6.92 Å². The van der Waals surface area contributed by atoms with Gasteiger partial charge in [0.1, 0.15) is 17.5 Å². The molecule has 0 aromatic carbocycles. The number of nitrogens with zero attached hydrogens (tertiary/aromatic N) is 3. The van der Waals surface area contributed by atoms with Crippen molar-refractivity contribution in [2.24, 2.45) is 23.2 Å². The van der Waals surface area contributed by atoms with Crippen molar-refractivity contribution in [3.63, 3.8) is 0 Å². The standard InChI is InChI=1S/C21H28N4O3/c1-3-27-20(26)17-16-18(22-11-23-19(16)28-25-17)24-12(2)7-21-8-13-4-14(9-21)6-15(5-13)10-21/h11-15H,3-10H2,1-2H3,(H,22,23,24)/t12-,13?,14?,15?,21?/m1/s1. The van der Waals surface area contributed by atoms with Crippen LogP contribution in [0.5, 0.6) is 0 Å². The van der Waals surface area contributed by atoms with Crippen molar-refractivity contribution in [3.05, 3.63) is 12.0 Å². The van der Waals surface area contributed by atoms with Crippen LogP contribution >= 0.6 is 0 Å². The third-order valence-electron chi connectivity index (χ3n) is 7.03. The Bertz CT molecular complexity index is 858. The van der Waals surface area contributed by atoms with Crippen LogP contribution in [0.25, 0.3) is 11.1 Å². The first-order chi connectivity index (χ1) is 13.5. The fourth-order valence-corrected chi connectivity index (χ4v) is 6.71. The van der Waals surface area contributed by atoms with Gasteiger partial charge >= 0.3 is 5.97 Å². The zero-order valence-electron chi connectivity index (χ0n) is 16.6. The Kier molecular flexibility index (Phi) is 4.29. The van der Waals surface area contributed by atoms with Crippen LogP contribution in [0.1, 0.15) is 69.3 Å². The van der Waals surface area contributed by atoms with Crippen LogP contribution in [0.4, 0.5) is 5.82 Å². The quantitative estimate of drug-likeness (QED) is 0.746. The monoisotopic (exact) mass is 384 g/mol. The van der Waals surface area contributed by atoms with Crippen molar-refractivity contribution in [2.75, 3.05) is 11.9 Å². The molecule has 7 nitrogen and oxygen atoms in total. The minimum absolute atomic E-state index is 0.141. The summed E-state index contributed by atoms with van der Waals surface area (Å²) in [5.74, 6) is 2.92. The van der Waals surface area contributed by atoms with Gasteiger partial charge in [-0.05, 0) is 82.0 Å². The second kappa shape index (κ2) is 6.71. The second-order valence-corrected chi connectivity index (χ2v) is 9.32. The first kappa shape index (κ1) is 17.9. The molecular formula is C21H28N4O3. The maximum absolute atomic E-state index is 12.2. The van der Waals surface area contributed by atoms with Gasteiger partial charge in [0.2, 0.25) is 5.69 Å². The van der Waals surface area contributed by atoms with Crippen molar-refractivity contribution in [2.45, 2.75) is 64.8 Å². The smallest absolute Gasteiger partial charge is 0.361 e. The first-order valence-corrected chi connectivity index (χ1v) is 10.6. The predicted molar refractivity (Wildman–Crippen MR) is 104 cm³/mol. The van der Waals surface area contributed by atoms with Crippen LogP contribution in [0, 0.1) is 23.2 Å². The molecule has 1 N–H and O–H groups in total. The van der Waals surface area contributed by atoms with E-state index in [0.29, 0.717) is 22.3 Å². The van der Waals surface area contributed by atoms with E-state index in [1.807, 2.05) is 0 Å². The van der Waals surface area contributed by atoms with Gasteiger partial charge < -0.3 is 14.6 Å². The number of carbonyl (C=O) groups is 1. The number of hydrogen-bond acceptors (Lipinski definition) is 7. The molecule has 0 unspecified atom stereocenters. The number of esters is 1. The van der Waals surface area contributed by atoms with E-state index in [-0.39, 0.29) is 18.3 Å². The van der Waals surface area contributed by atoms with Crippen LogP contribution in [-0.4, -0.2) is 33.7 Å². The van der Waals surface area contributed by atoms with Gasteiger partial charge in [0.15, 0.2) is 0 Å². The maximum atomic E-state index is 12.2. The molecule has 0 saturated heterocycles. The Morgan fingerprint density at radius 1 is 1.25 bits per heavy atom. The Balaban J connectivity index is 1.37. The molecule has 0 radical (unpaired) electrons. The number of rotatable bonds is 6. The lowest BCUT2D eigenvalue weighted by atomic mass is 9.48. The molecule has 1 atom stereocenters. The molecule has 28 heavy (non-hydrogen) atoms. The van der Waals surface area contributed by atoms with E-state index in [0.717, 1.165) is 24.2 Å². The highest BCUT2D eigenvalue weighted by molar-refractivity contribution is 6.04. The van der Waals surface area contributed by atoms with Gasteiger partial charge in [0, 0.05) is 6.04 Å². The predicted octanol–water partition coefficient (Wildman–Crippen LogP) is 4.20. The lowest BCUT2D eigenvalue weighted by molar-refractivity contribution is -0.0587. The summed E-state index contributed by atoms with van der Waals surface area (Å²) in [6, 6.07) is 0.249. The molecule has 7 heteroatoms. The summed E-state index contributed by atoms with van der Waals surface area (Å²) in [5.41, 5.74) is 0.927. The number of anilines is 1. The van der Waals surface area contributed by atoms with Crippen LogP contribution in [0.2, 0.25) is 0 Å². The van der Waals surface area contributed by atoms with Gasteiger partial charge in [-0.15, -0.1) is 0 Å². The topological polar surface area (TPSA) is 90.1 Å². The molecule has 4 aliphatic rings. The van der Waals surface area contributed by atoms with Crippen LogP contribution in [0.15, 0.2) is 10.9 Å². The van der Waals surface area contributed by atoms with E-state index in [9.17, 15) is 4.79 Å². The van der Waals surface area contributed by atoms with Gasteiger partial charge in [-0.25, -0.2) is 9.78 Å². The maximum Gasteiger partial charge on any atom is 0.361 e. The molecule has 6 rings (SSSR count). The van der Waals surface area contributed by atoms with Crippen molar-refractivity contribution in [1.29, 1.82) is 0 Å². The average molecular weight is 384 g/mol. The number of carbonyl (C=O) groups excluding carboxylic acids is 1. The van der Waals surface area contributed by atoms with Gasteiger partial charge in [-0.3, -0.25) is 0 Å². The SMILES string of the molecule is CCOC(=O)c1noc2ncnc(N[C@H](C)CC34CC5CC(CC(C5)C3)C4)c12. The van der Waals surface area contributed by atoms with Gasteiger partial charge in [0.05, 0.1) is 6.61 Å². The zero-order chi connectivity index (χ0) is 19.3. The molecule has 2 aromatic rings. The molecule has 0 aliphatic heterocycles. The van der Waals surface area contributed by atoms with Crippen LogP contribution < -0.4 is 5.32 Å². The largest absolute Gasteiger partial charge is 0.461 e. The fourth-order valence-electron chi connectivity index (χ4n) is 6.71. The van der Waals surface area contributed by atoms with Gasteiger partial charge in [-0.1, -0.05) is 5.16 Å². The van der Waals surface area contributed by atoms with E-state index < -0.39 is 5.97 Å². The van der Waals surface area contributed by atoms with Crippen LogP contribution in [-0.2, 0) is 4.74 Å². The third kappa shape index (κ3) is 3.05. The van der Waals surface area contributed by atoms with Crippen molar-refractivity contribution in [1.82, 2.24) is 15.1 Å². The van der Waals surface area contributed by atoms with E-state index >= 15 is 0 Å². The van der Waals surface area contributed by atoms with E-state index in [4.69, 9.17) is 9.26 Å². The molecule has 150 valence electrons. The molecule has 0 amide bonds. The van der Waals surface area contributed by atoms with Crippen LogP contribution in [0.3, 0.4) is 0 Å². The third-order valence-corrected chi connectivity index (χ3v) is 7.03. The Morgan fingerprint density at radius 3 is 2.57 bits per heavy atom. The summed E-state index contributed by atoms with van der Waals surface area (Å²) in [6.07, 6.45) is 11.1. The highest BCUT2D eigenvalue weighted by atomic mass is 16.5. The Morgan fingerprint density at radius 2 is 1.93 bits per heavy atom. The lowest BCUT2D eigenvalue weighted by Gasteiger charge is -2.57. The Labute approximate surface area is 164 Å². The summed E-state index contributed by atoms with van der Waals surface area (Å²) in [7, 11) is 0. The average Bonchev–Trinajstić information content (AvgIpc) is 3.05. The molecule has 4 saturated carbocycles. The zero-order valence-corrected chi connectivity index (χ0v) is 16.6. The minimum atomic E-state index is -0.507. The first-order valence-electron chi connectivity index (χ1n) is 10.6. The van der Waals surface area contributed by atoms with Gasteiger partial charge in [0.25, 0.3) is 5.71 Å². The summed E-state index contributed by atoms with van der Waals surface area (Å²) in [5, 5.41) is 7.91. The highest BCUT2D eigenvalue weighted by Crippen LogP contribution is 2.61. The summed E-state index contributed by atoms with van der Waals surface area (Å²) in [6.45, 7) is 4.26. The van der Waals surface area contributed by atoms with E-state index in [2.05, 4.69) is 27.4 Å². The van der Waals surface area contributed by atoms with Crippen molar-refractivity contribution < 1.29 is 14.1 Å². The van der Waals surface area contributed by atoms with Crippen molar-refractivity contribution in [3.8, 4) is 0 Å². The van der Waals surface area contributed by atoms with Crippen molar-refractivity contribution >= 4 is 22.9 Å². The van der Waals surface area contributed by atoms with E-state index in [1.165, 1.54) is 44.9 Å². The van der Waals surface area contributed by atoms with Gasteiger partial charge in [-0.2, -0.15) is 4.98 Å². The molecule has 4 fully saturated rings. The normalized spacial score (nSPS) is 31.9. The highest BCUT2D eigenvalue weighted by Gasteiger charge is 2.51. The fraction of sp³-hybridized carbons (Fsp3) is 0.714. The molecule has 4 bridgehead atoms. The summed E-state index contributed by atoms with van der Waals surface area (Å²) < 4.78 is 10.3. The second-order valence-electron chi connectivity index (χ2n) is 9.32. The molecule has 2 heterocycles. The summed E-state index contributed by atoms with van der Waals surface area (Å²) >= 11 is 0. The number of hydrogen-bond donors (Lipinski definition) is 1. The number of ether oxygens (including phenoxy) is 1. The lowest BCUT2D eigenvalue weighted by Crippen LogP contribution is -2.47. The Hall–Kier alpha value is -2.18. The molecule has 0 spiro atoms. The minimum Gasteiger partial charge on any atom is -0.461 e.